The van der Waals surface area contributed by atoms with Crippen molar-refractivity contribution in [1.82, 2.24) is 16.0 Å². The van der Waals surface area contributed by atoms with Crippen LogP contribution in [0.4, 0.5) is 0 Å². The molecule has 0 aromatic carbocycles. The van der Waals surface area contributed by atoms with Gasteiger partial charge in [-0.15, -0.1) is 0 Å². The summed E-state index contributed by atoms with van der Waals surface area (Å²) < 4.78 is 5.25. The van der Waals surface area contributed by atoms with E-state index >= 15 is 0 Å². The number of epoxide rings is 1. The average molecular weight is 498 g/mol. The highest BCUT2D eigenvalue weighted by molar-refractivity contribution is 5.98. The maximum atomic E-state index is 13.1. The van der Waals surface area contributed by atoms with Crippen LogP contribution in [-0.2, 0) is 28.7 Å². The molecule has 1 saturated heterocycles. The summed E-state index contributed by atoms with van der Waals surface area (Å²) >= 11 is 0. The van der Waals surface area contributed by atoms with E-state index in [2.05, 4.69) is 16.0 Å². The van der Waals surface area contributed by atoms with E-state index < -0.39 is 41.5 Å². The molecule has 1 aliphatic rings. The molecule has 0 radical (unpaired) electrons. The van der Waals surface area contributed by atoms with Gasteiger partial charge in [0.25, 0.3) is 0 Å². The van der Waals surface area contributed by atoms with Crippen molar-refractivity contribution < 1.29 is 33.8 Å². The standard InChI is InChI=1S/C25H43N3O7/c1-7-8-9-10-19(29)28-21(16(4)5)24(34)26-17(11-12-20(30)31)23(33)27-18(13-15(2)3)22(32)25(6)14-35-25/h15-18,21H,7-14H2,1-6H3,(H,26,34)(H,27,33)(H,28,29)(H,30,31)/t17-,18-,21-,25+/m0/s1. The van der Waals surface area contributed by atoms with Gasteiger partial charge in [-0.1, -0.05) is 47.5 Å². The fraction of sp³-hybridized carbons (Fsp3) is 0.800. The molecule has 10 heteroatoms. The molecule has 1 rings (SSSR count). The Morgan fingerprint density at radius 3 is 2.00 bits per heavy atom. The van der Waals surface area contributed by atoms with Gasteiger partial charge in [-0.3, -0.25) is 24.0 Å². The van der Waals surface area contributed by atoms with E-state index in [0.29, 0.717) is 19.3 Å². The van der Waals surface area contributed by atoms with Crippen molar-refractivity contribution in [3.8, 4) is 0 Å². The molecular weight excluding hydrogens is 454 g/mol. The highest BCUT2D eigenvalue weighted by Gasteiger charge is 2.50. The summed E-state index contributed by atoms with van der Waals surface area (Å²) in [6.07, 6.45) is 2.76. The van der Waals surface area contributed by atoms with E-state index in [1.807, 2.05) is 20.8 Å². The lowest BCUT2D eigenvalue weighted by molar-refractivity contribution is -0.138. The molecule has 3 amide bonds. The molecule has 0 saturated carbocycles. The maximum Gasteiger partial charge on any atom is 0.303 e. The molecule has 4 N–H and O–H groups in total. The van der Waals surface area contributed by atoms with Crippen molar-refractivity contribution >= 4 is 29.5 Å². The van der Waals surface area contributed by atoms with Gasteiger partial charge in [-0.25, -0.2) is 0 Å². The van der Waals surface area contributed by atoms with Crippen molar-refractivity contribution in [3.05, 3.63) is 0 Å². The average Bonchev–Trinajstić information content (AvgIpc) is 3.51. The lowest BCUT2D eigenvalue weighted by Gasteiger charge is -2.27. The summed E-state index contributed by atoms with van der Waals surface area (Å²) in [6.45, 7) is 11.4. The number of hydrogen-bond donors (Lipinski definition) is 4. The summed E-state index contributed by atoms with van der Waals surface area (Å²) in [6, 6.07) is -2.87. The molecule has 0 bridgehead atoms. The number of rotatable bonds is 17. The SMILES string of the molecule is CCCCCC(=O)N[C@H](C(=O)N[C@@H](CCC(=O)O)C(=O)N[C@@H](CC(C)C)C(=O)[C@@]1(C)CO1)C(C)C. The first kappa shape index (κ1) is 30.5. The first-order valence-electron chi connectivity index (χ1n) is 12.6. The molecule has 0 aliphatic carbocycles. The number of aliphatic carboxylic acids is 1. The van der Waals surface area contributed by atoms with Crippen molar-refractivity contribution in [2.45, 2.75) is 110 Å². The first-order valence-corrected chi connectivity index (χ1v) is 12.6. The second-order valence-electron chi connectivity index (χ2n) is 10.3. The number of ether oxygens (including phenoxy) is 1. The molecule has 1 heterocycles. The van der Waals surface area contributed by atoms with Gasteiger partial charge in [-0.2, -0.15) is 0 Å². The predicted molar refractivity (Wildman–Crippen MR) is 130 cm³/mol. The van der Waals surface area contributed by atoms with Crippen LogP contribution in [0.1, 0.15) is 86.5 Å². The number of Topliss-reactive ketones (excluding diaryl/α,β-unsaturated/α-hetero) is 1. The Bertz CT molecular complexity index is 762. The highest BCUT2D eigenvalue weighted by atomic mass is 16.6. The minimum atomic E-state index is -1.17. The molecule has 0 aromatic rings. The fourth-order valence-electron chi connectivity index (χ4n) is 3.71. The number of carboxylic acid groups (broad SMARTS) is 1. The van der Waals surface area contributed by atoms with E-state index in [-0.39, 0.29) is 43.0 Å². The summed E-state index contributed by atoms with van der Waals surface area (Å²) in [5.41, 5.74) is -0.933. The monoisotopic (exact) mass is 497 g/mol. The molecule has 0 aromatic heterocycles. The number of carboxylic acids is 1. The van der Waals surface area contributed by atoms with Crippen LogP contribution in [0, 0.1) is 11.8 Å². The topological polar surface area (TPSA) is 154 Å². The number of unbranched alkanes of at least 4 members (excludes halogenated alkanes) is 2. The van der Waals surface area contributed by atoms with Gasteiger partial charge >= 0.3 is 5.97 Å². The Kier molecular flexibility index (Phi) is 12.4. The van der Waals surface area contributed by atoms with Gasteiger partial charge in [0.05, 0.1) is 12.6 Å². The number of carbonyl (C=O) groups is 5. The van der Waals surface area contributed by atoms with E-state index in [9.17, 15) is 24.0 Å². The molecule has 35 heavy (non-hydrogen) atoms. The van der Waals surface area contributed by atoms with Crippen molar-refractivity contribution in [1.29, 1.82) is 0 Å². The molecule has 1 fully saturated rings. The highest BCUT2D eigenvalue weighted by Crippen LogP contribution is 2.29. The first-order chi connectivity index (χ1) is 16.3. The Hall–Kier alpha value is -2.49. The van der Waals surface area contributed by atoms with Crippen LogP contribution in [0.2, 0.25) is 0 Å². The summed E-state index contributed by atoms with van der Waals surface area (Å²) in [5.74, 6) is -2.97. The molecule has 1 aliphatic heterocycles. The summed E-state index contributed by atoms with van der Waals surface area (Å²) in [4.78, 5) is 62.5. The minimum Gasteiger partial charge on any atom is -0.481 e. The summed E-state index contributed by atoms with van der Waals surface area (Å²) in [7, 11) is 0. The van der Waals surface area contributed by atoms with Gasteiger partial charge in [0.15, 0.2) is 5.78 Å². The third-order valence-electron chi connectivity index (χ3n) is 5.99. The van der Waals surface area contributed by atoms with E-state index in [1.54, 1.807) is 20.8 Å². The number of carbonyl (C=O) groups excluding carboxylic acids is 4. The zero-order valence-electron chi connectivity index (χ0n) is 21.9. The zero-order chi connectivity index (χ0) is 26.8. The van der Waals surface area contributed by atoms with Gasteiger partial charge in [0, 0.05) is 12.8 Å². The number of amides is 3. The van der Waals surface area contributed by atoms with Gasteiger partial charge in [-0.05, 0) is 38.0 Å². The number of hydrogen-bond acceptors (Lipinski definition) is 6. The lowest BCUT2D eigenvalue weighted by Crippen LogP contribution is -2.57. The normalized spacial score (nSPS) is 19.5. The van der Waals surface area contributed by atoms with E-state index in [1.165, 1.54) is 0 Å². The Morgan fingerprint density at radius 2 is 1.51 bits per heavy atom. The van der Waals surface area contributed by atoms with Gasteiger partial charge < -0.3 is 25.8 Å². The fourth-order valence-corrected chi connectivity index (χ4v) is 3.71. The number of nitrogens with one attached hydrogen (secondary N) is 3. The smallest absolute Gasteiger partial charge is 0.303 e. The quantitative estimate of drug-likeness (QED) is 0.177. The van der Waals surface area contributed by atoms with Crippen LogP contribution < -0.4 is 16.0 Å². The van der Waals surface area contributed by atoms with Crippen molar-refractivity contribution in [3.63, 3.8) is 0 Å². The van der Waals surface area contributed by atoms with E-state index in [0.717, 1.165) is 12.8 Å². The molecular formula is C25H43N3O7. The second-order valence-corrected chi connectivity index (χ2v) is 10.3. The Labute approximate surface area is 208 Å². The zero-order valence-corrected chi connectivity index (χ0v) is 21.9. The van der Waals surface area contributed by atoms with Crippen molar-refractivity contribution in [2.24, 2.45) is 11.8 Å². The lowest BCUT2D eigenvalue weighted by atomic mass is 9.93. The second kappa shape index (κ2) is 14.2. The van der Waals surface area contributed by atoms with Crippen LogP contribution in [0.5, 0.6) is 0 Å². The molecule has 0 unspecified atom stereocenters. The number of ketones is 1. The van der Waals surface area contributed by atoms with Crippen LogP contribution in [0.15, 0.2) is 0 Å². The molecule has 4 atom stereocenters. The largest absolute Gasteiger partial charge is 0.481 e. The van der Waals surface area contributed by atoms with E-state index in [4.69, 9.17) is 9.84 Å². The Balaban J connectivity index is 2.95. The van der Waals surface area contributed by atoms with Crippen molar-refractivity contribution in [2.75, 3.05) is 6.61 Å². The third-order valence-corrected chi connectivity index (χ3v) is 5.99. The minimum absolute atomic E-state index is 0.104. The molecule has 200 valence electrons. The Morgan fingerprint density at radius 1 is 0.914 bits per heavy atom. The van der Waals surface area contributed by atoms with Crippen LogP contribution >= 0.6 is 0 Å². The maximum absolute atomic E-state index is 13.1. The van der Waals surface area contributed by atoms with Gasteiger partial charge in [0.1, 0.15) is 17.7 Å². The van der Waals surface area contributed by atoms with Crippen LogP contribution in [-0.4, -0.2) is 64.9 Å². The molecule has 0 spiro atoms. The van der Waals surface area contributed by atoms with Gasteiger partial charge in [0.2, 0.25) is 17.7 Å². The third kappa shape index (κ3) is 10.8. The van der Waals surface area contributed by atoms with Crippen LogP contribution in [0.25, 0.3) is 0 Å². The predicted octanol–water partition coefficient (Wildman–Crippen LogP) is 1.95. The molecule has 10 nitrogen and oxygen atoms in total. The summed E-state index contributed by atoms with van der Waals surface area (Å²) in [5, 5.41) is 17.2. The van der Waals surface area contributed by atoms with Crippen LogP contribution in [0.3, 0.4) is 0 Å².